The number of fused-ring (bicyclic) bond motifs is 1. The number of Topliss-reactive ketones (excluding diaryl/α,β-unsaturated/α-hetero) is 1. The molecule has 4 aromatic rings. The Morgan fingerprint density at radius 1 is 1.00 bits per heavy atom. The molecule has 1 unspecified atom stereocenters. The topological polar surface area (TPSA) is 77.9 Å². The van der Waals surface area contributed by atoms with Crippen LogP contribution in [0.3, 0.4) is 0 Å². The fourth-order valence-electron chi connectivity index (χ4n) is 6.86. The van der Waals surface area contributed by atoms with Gasteiger partial charge in [0.2, 0.25) is 0 Å². The van der Waals surface area contributed by atoms with Crippen LogP contribution in [0.1, 0.15) is 62.6 Å². The highest BCUT2D eigenvalue weighted by Crippen LogP contribution is 2.32. The molecule has 1 saturated heterocycles. The van der Waals surface area contributed by atoms with Crippen molar-refractivity contribution in [3.63, 3.8) is 0 Å². The van der Waals surface area contributed by atoms with E-state index in [4.69, 9.17) is 14.5 Å². The summed E-state index contributed by atoms with van der Waals surface area (Å²) < 4.78 is 56.1. The summed E-state index contributed by atoms with van der Waals surface area (Å²) in [7, 11) is 0. The summed E-state index contributed by atoms with van der Waals surface area (Å²) in [4.78, 5) is 19.8. The summed E-state index contributed by atoms with van der Waals surface area (Å²) in [6.45, 7) is 7.47. The van der Waals surface area contributed by atoms with Crippen LogP contribution in [0.25, 0.3) is 22.4 Å². The van der Waals surface area contributed by atoms with Gasteiger partial charge in [-0.25, -0.2) is 4.98 Å². The number of ether oxygens (including phenoxy) is 3. The standard InChI is InChI=1S/C38H45F3N4O4/c1-27(46)22-34(42-25-28-6-3-2-4-7-28)30-12-15-36-35(24-30)43-37(45(36)26-29-10-13-32(14-11-29)49-38(39,40)41)31-8-5-9-33(23-31)48-21-18-44-16-19-47-20-17-44/h5,8-15,23-24,28,34,42H,2-4,6-7,16-22,25-26H2,1H3. The minimum Gasteiger partial charge on any atom is -0.492 e. The van der Waals surface area contributed by atoms with Crippen LogP contribution in [0.15, 0.2) is 66.7 Å². The Labute approximate surface area is 285 Å². The molecule has 0 amide bonds. The molecule has 1 saturated carbocycles. The molecule has 11 heteroatoms. The number of morpholine rings is 1. The van der Waals surface area contributed by atoms with Crippen molar-refractivity contribution in [1.82, 2.24) is 19.8 Å². The smallest absolute Gasteiger partial charge is 0.492 e. The molecule has 2 aliphatic rings. The van der Waals surface area contributed by atoms with Gasteiger partial charge >= 0.3 is 6.36 Å². The molecule has 3 aromatic carbocycles. The van der Waals surface area contributed by atoms with Gasteiger partial charge in [0.05, 0.1) is 24.2 Å². The van der Waals surface area contributed by atoms with Gasteiger partial charge in [-0.2, -0.15) is 0 Å². The molecule has 49 heavy (non-hydrogen) atoms. The molecule has 1 aromatic heterocycles. The molecule has 262 valence electrons. The van der Waals surface area contributed by atoms with Gasteiger partial charge in [-0.1, -0.05) is 49.6 Å². The van der Waals surface area contributed by atoms with E-state index in [-0.39, 0.29) is 17.6 Å². The van der Waals surface area contributed by atoms with E-state index in [1.165, 1.54) is 44.2 Å². The van der Waals surface area contributed by atoms with Gasteiger partial charge in [-0.3, -0.25) is 9.69 Å². The highest BCUT2D eigenvalue weighted by atomic mass is 19.4. The van der Waals surface area contributed by atoms with Crippen molar-refractivity contribution >= 4 is 16.8 Å². The molecule has 2 fully saturated rings. The number of halogens is 3. The van der Waals surface area contributed by atoms with E-state index in [9.17, 15) is 18.0 Å². The van der Waals surface area contributed by atoms with Crippen LogP contribution < -0.4 is 14.8 Å². The first-order chi connectivity index (χ1) is 23.7. The summed E-state index contributed by atoms with van der Waals surface area (Å²) in [5, 5.41) is 3.69. The lowest BCUT2D eigenvalue weighted by atomic mass is 9.89. The molecular formula is C38H45F3N4O4. The summed E-state index contributed by atoms with van der Waals surface area (Å²) in [6, 6.07) is 19.8. The van der Waals surface area contributed by atoms with Crippen molar-refractivity contribution < 1.29 is 32.2 Å². The number of alkyl halides is 3. The van der Waals surface area contributed by atoms with Crippen LogP contribution in [0.5, 0.6) is 11.5 Å². The lowest BCUT2D eigenvalue weighted by Gasteiger charge is -2.26. The van der Waals surface area contributed by atoms with E-state index in [0.717, 1.165) is 72.9 Å². The first kappa shape index (κ1) is 34.9. The number of nitrogens with zero attached hydrogens (tertiary/aromatic N) is 3. The van der Waals surface area contributed by atoms with E-state index < -0.39 is 6.36 Å². The highest BCUT2D eigenvalue weighted by molar-refractivity contribution is 5.82. The van der Waals surface area contributed by atoms with Gasteiger partial charge in [-0.15, -0.1) is 13.2 Å². The second kappa shape index (κ2) is 16.2. The predicted molar refractivity (Wildman–Crippen MR) is 183 cm³/mol. The Balaban J connectivity index is 1.29. The first-order valence-corrected chi connectivity index (χ1v) is 17.3. The van der Waals surface area contributed by atoms with Gasteiger partial charge in [0.1, 0.15) is 29.7 Å². The van der Waals surface area contributed by atoms with E-state index in [1.54, 1.807) is 19.1 Å². The van der Waals surface area contributed by atoms with Gasteiger partial charge in [0.25, 0.3) is 0 Å². The molecule has 1 atom stereocenters. The Morgan fingerprint density at radius 3 is 2.51 bits per heavy atom. The third-order valence-corrected chi connectivity index (χ3v) is 9.41. The second-order valence-electron chi connectivity index (χ2n) is 13.2. The zero-order chi connectivity index (χ0) is 34.2. The van der Waals surface area contributed by atoms with Crippen molar-refractivity contribution in [2.45, 2.75) is 64.4 Å². The molecule has 1 N–H and O–H groups in total. The summed E-state index contributed by atoms with van der Waals surface area (Å²) in [5.41, 5.74) is 4.30. The van der Waals surface area contributed by atoms with Crippen LogP contribution in [-0.2, 0) is 16.1 Å². The minimum atomic E-state index is -4.76. The van der Waals surface area contributed by atoms with Crippen molar-refractivity contribution in [2.75, 3.05) is 46.0 Å². The number of carbonyl (C=O) groups excluding carboxylic acids is 1. The number of nitrogens with one attached hydrogen (secondary N) is 1. The number of imidazole rings is 1. The largest absolute Gasteiger partial charge is 0.573 e. The molecule has 2 heterocycles. The zero-order valence-corrected chi connectivity index (χ0v) is 28.0. The normalized spacial score (nSPS) is 16.9. The predicted octanol–water partition coefficient (Wildman–Crippen LogP) is 7.55. The monoisotopic (exact) mass is 678 g/mol. The number of carbonyl (C=O) groups is 1. The maximum absolute atomic E-state index is 12.8. The third kappa shape index (κ3) is 9.83. The van der Waals surface area contributed by atoms with Crippen LogP contribution in [0.2, 0.25) is 0 Å². The number of aromatic nitrogens is 2. The first-order valence-electron chi connectivity index (χ1n) is 17.3. The molecule has 1 aliphatic carbocycles. The summed E-state index contributed by atoms with van der Waals surface area (Å²) in [6.07, 6.45) is 1.87. The molecule has 6 rings (SSSR count). The number of hydrogen-bond donors (Lipinski definition) is 1. The van der Waals surface area contributed by atoms with Gasteiger partial charge in [0, 0.05) is 44.2 Å². The molecule has 0 spiro atoms. The Morgan fingerprint density at radius 2 is 1.78 bits per heavy atom. The summed E-state index contributed by atoms with van der Waals surface area (Å²) in [5.74, 6) is 1.91. The quantitative estimate of drug-likeness (QED) is 0.148. The van der Waals surface area contributed by atoms with Crippen molar-refractivity contribution in [1.29, 1.82) is 0 Å². The number of rotatable bonds is 14. The number of hydrogen-bond acceptors (Lipinski definition) is 7. The van der Waals surface area contributed by atoms with Gasteiger partial charge < -0.3 is 24.1 Å². The van der Waals surface area contributed by atoms with Gasteiger partial charge in [0.15, 0.2) is 0 Å². The van der Waals surface area contributed by atoms with Crippen LogP contribution in [0.4, 0.5) is 13.2 Å². The van der Waals surface area contributed by atoms with E-state index >= 15 is 0 Å². The maximum Gasteiger partial charge on any atom is 0.573 e. The molecule has 0 radical (unpaired) electrons. The molecule has 8 nitrogen and oxygen atoms in total. The van der Waals surface area contributed by atoms with E-state index in [0.29, 0.717) is 31.3 Å². The van der Waals surface area contributed by atoms with E-state index in [1.807, 2.05) is 30.3 Å². The fourth-order valence-corrected chi connectivity index (χ4v) is 6.86. The van der Waals surface area contributed by atoms with Crippen molar-refractivity contribution in [3.8, 4) is 22.9 Å². The number of ketones is 1. The molecule has 0 bridgehead atoms. The van der Waals surface area contributed by atoms with Crippen LogP contribution >= 0.6 is 0 Å². The minimum absolute atomic E-state index is 0.121. The lowest BCUT2D eigenvalue weighted by molar-refractivity contribution is -0.274. The second-order valence-corrected chi connectivity index (χ2v) is 13.2. The lowest BCUT2D eigenvalue weighted by Crippen LogP contribution is -2.38. The average molecular weight is 679 g/mol. The van der Waals surface area contributed by atoms with Crippen LogP contribution in [0, 0.1) is 5.92 Å². The van der Waals surface area contributed by atoms with Crippen molar-refractivity contribution in [2.24, 2.45) is 5.92 Å². The third-order valence-electron chi connectivity index (χ3n) is 9.41. The summed E-state index contributed by atoms with van der Waals surface area (Å²) >= 11 is 0. The molecule has 1 aliphatic heterocycles. The zero-order valence-electron chi connectivity index (χ0n) is 28.0. The van der Waals surface area contributed by atoms with Crippen molar-refractivity contribution in [3.05, 3.63) is 77.9 Å². The maximum atomic E-state index is 12.8. The number of benzene rings is 3. The Hall–Kier alpha value is -3.93. The SMILES string of the molecule is CC(=O)CC(NCC1CCCCC1)c1ccc2c(c1)nc(-c1cccc(OCCN3CCOCC3)c1)n2Cc1ccc(OC(F)(F)F)cc1. The fraction of sp³-hybridized carbons (Fsp3) is 0.474. The van der Waals surface area contributed by atoms with Gasteiger partial charge in [-0.05, 0) is 79.8 Å². The van der Waals surface area contributed by atoms with E-state index in [2.05, 4.69) is 31.7 Å². The average Bonchev–Trinajstić information content (AvgIpc) is 3.45. The molecular weight excluding hydrogens is 633 g/mol. The Kier molecular flexibility index (Phi) is 11.5. The highest BCUT2D eigenvalue weighted by Gasteiger charge is 2.31. The van der Waals surface area contributed by atoms with Crippen LogP contribution in [-0.4, -0.2) is 72.6 Å². The Bertz CT molecular complexity index is 1680.